The van der Waals surface area contributed by atoms with Gasteiger partial charge in [-0.05, 0) is 12.8 Å². The molecule has 1 N–H and O–H groups in total. The molecule has 0 aromatic carbocycles. The quantitative estimate of drug-likeness (QED) is 0.913. The highest BCUT2D eigenvalue weighted by Gasteiger charge is 2.17. The highest BCUT2D eigenvalue weighted by Crippen LogP contribution is 2.20. The molecule has 2 aromatic heterocycles. The molecule has 0 bridgehead atoms. The first-order chi connectivity index (χ1) is 9.81. The maximum absolute atomic E-state index is 11.8. The molecule has 1 amide bonds. The molecule has 1 fully saturated rings. The lowest BCUT2D eigenvalue weighted by Crippen LogP contribution is -2.32. The molecular formula is C13H16N4O2S. The van der Waals surface area contributed by atoms with Crippen LogP contribution in [-0.2, 0) is 11.2 Å². The zero-order valence-electron chi connectivity index (χ0n) is 11.0. The molecule has 20 heavy (non-hydrogen) atoms. The van der Waals surface area contributed by atoms with E-state index in [0.29, 0.717) is 30.6 Å². The number of thiazole rings is 1. The minimum absolute atomic E-state index is 0.0643. The zero-order valence-corrected chi connectivity index (χ0v) is 11.9. The van der Waals surface area contributed by atoms with Crippen molar-refractivity contribution >= 4 is 17.2 Å². The number of amides is 1. The molecule has 0 atom stereocenters. The minimum Gasteiger partial charge on any atom is -0.353 e. The Balaban J connectivity index is 1.49. The van der Waals surface area contributed by atoms with Crippen molar-refractivity contribution in [2.45, 2.75) is 44.6 Å². The van der Waals surface area contributed by atoms with Crippen LogP contribution in [-0.4, -0.2) is 27.1 Å². The summed E-state index contributed by atoms with van der Waals surface area (Å²) in [5.41, 5.74) is 1.72. The first-order valence-corrected chi connectivity index (χ1v) is 7.70. The monoisotopic (exact) mass is 292 g/mol. The van der Waals surface area contributed by atoms with Crippen LogP contribution in [0.3, 0.4) is 0 Å². The van der Waals surface area contributed by atoms with Crippen LogP contribution in [0, 0.1) is 0 Å². The van der Waals surface area contributed by atoms with Gasteiger partial charge in [0.15, 0.2) is 0 Å². The second-order valence-electron chi connectivity index (χ2n) is 4.93. The third kappa shape index (κ3) is 3.22. The first kappa shape index (κ1) is 13.2. The predicted octanol–water partition coefficient (Wildman–Crippen LogP) is 2.18. The number of rotatable bonds is 5. The second kappa shape index (κ2) is 6.13. The smallest absolute Gasteiger partial charge is 0.227 e. The molecule has 1 saturated carbocycles. The molecule has 0 unspecified atom stereocenters. The average molecular weight is 292 g/mol. The van der Waals surface area contributed by atoms with Gasteiger partial charge in [-0.2, -0.15) is 4.98 Å². The van der Waals surface area contributed by atoms with Crippen LogP contribution in [0.4, 0.5) is 0 Å². The zero-order chi connectivity index (χ0) is 13.8. The van der Waals surface area contributed by atoms with Gasteiger partial charge in [-0.1, -0.05) is 18.0 Å². The van der Waals surface area contributed by atoms with Gasteiger partial charge in [-0.15, -0.1) is 11.3 Å². The second-order valence-corrected chi connectivity index (χ2v) is 5.81. The normalized spacial score (nSPS) is 15.6. The van der Waals surface area contributed by atoms with E-state index in [1.165, 1.54) is 24.2 Å². The van der Waals surface area contributed by atoms with E-state index in [4.69, 9.17) is 4.52 Å². The summed E-state index contributed by atoms with van der Waals surface area (Å²) in [7, 11) is 0. The fraction of sp³-hybridized carbons (Fsp3) is 0.538. The molecule has 1 aliphatic carbocycles. The Bertz CT molecular complexity index is 561. The van der Waals surface area contributed by atoms with Crippen molar-refractivity contribution in [2.75, 3.05) is 0 Å². The number of aryl methyl sites for hydroxylation is 1. The van der Waals surface area contributed by atoms with Gasteiger partial charge < -0.3 is 9.84 Å². The van der Waals surface area contributed by atoms with Crippen LogP contribution in [0.1, 0.15) is 38.0 Å². The van der Waals surface area contributed by atoms with E-state index < -0.39 is 0 Å². The molecule has 0 aliphatic heterocycles. The molecule has 0 saturated heterocycles. The average Bonchev–Trinajstić information content (AvgIpc) is 3.18. The number of hydrogen-bond acceptors (Lipinski definition) is 6. The molecule has 1 aliphatic rings. The van der Waals surface area contributed by atoms with E-state index in [0.717, 1.165) is 17.7 Å². The van der Waals surface area contributed by atoms with Crippen LogP contribution in [0.2, 0.25) is 0 Å². The molecular weight excluding hydrogens is 276 g/mol. The first-order valence-electron chi connectivity index (χ1n) is 6.82. The Kier molecular flexibility index (Phi) is 4.05. The number of nitrogens with zero attached hydrogens (tertiary/aromatic N) is 3. The maximum atomic E-state index is 11.8. The Morgan fingerprint density at radius 1 is 1.45 bits per heavy atom. The number of aromatic nitrogens is 3. The molecule has 7 heteroatoms. The van der Waals surface area contributed by atoms with Crippen LogP contribution >= 0.6 is 11.3 Å². The van der Waals surface area contributed by atoms with Crippen LogP contribution in [0.5, 0.6) is 0 Å². The van der Waals surface area contributed by atoms with E-state index in [2.05, 4.69) is 20.4 Å². The summed E-state index contributed by atoms with van der Waals surface area (Å²) in [4.78, 5) is 20.9. The molecule has 0 spiro atoms. The van der Waals surface area contributed by atoms with Gasteiger partial charge in [0.25, 0.3) is 0 Å². The van der Waals surface area contributed by atoms with Gasteiger partial charge in [0.2, 0.25) is 17.6 Å². The topological polar surface area (TPSA) is 80.9 Å². The van der Waals surface area contributed by atoms with E-state index in [9.17, 15) is 4.79 Å². The molecule has 106 valence electrons. The van der Waals surface area contributed by atoms with Gasteiger partial charge in [-0.3, -0.25) is 9.78 Å². The van der Waals surface area contributed by atoms with Crippen molar-refractivity contribution in [1.82, 2.24) is 20.4 Å². The Morgan fingerprint density at radius 2 is 2.30 bits per heavy atom. The lowest BCUT2D eigenvalue weighted by molar-refractivity contribution is -0.121. The van der Waals surface area contributed by atoms with Crippen molar-refractivity contribution in [1.29, 1.82) is 0 Å². The van der Waals surface area contributed by atoms with Crippen LogP contribution in [0.15, 0.2) is 16.2 Å². The summed E-state index contributed by atoms with van der Waals surface area (Å²) in [5.74, 6) is 1.10. The Labute approximate surface area is 120 Å². The summed E-state index contributed by atoms with van der Waals surface area (Å²) in [6.45, 7) is 0. The third-order valence-corrected chi connectivity index (χ3v) is 4.18. The highest BCUT2D eigenvalue weighted by molar-refractivity contribution is 7.13. The third-order valence-electron chi connectivity index (χ3n) is 3.41. The van der Waals surface area contributed by atoms with E-state index in [1.807, 2.05) is 0 Å². The van der Waals surface area contributed by atoms with Crippen LogP contribution in [0.25, 0.3) is 10.7 Å². The summed E-state index contributed by atoms with van der Waals surface area (Å²) < 4.78 is 5.15. The molecule has 2 heterocycles. The maximum Gasteiger partial charge on any atom is 0.227 e. The van der Waals surface area contributed by atoms with Crippen molar-refractivity contribution < 1.29 is 9.32 Å². The largest absolute Gasteiger partial charge is 0.353 e. The number of nitrogens with one attached hydrogen (secondary N) is 1. The van der Waals surface area contributed by atoms with E-state index in [1.54, 1.807) is 11.7 Å². The minimum atomic E-state index is 0.0643. The lowest BCUT2D eigenvalue weighted by Gasteiger charge is -2.10. The lowest BCUT2D eigenvalue weighted by atomic mass is 10.2. The van der Waals surface area contributed by atoms with E-state index >= 15 is 0 Å². The number of carbonyl (C=O) groups is 1. The highest BCUT2D eigenvalue weighted by atomic mass is 32.1. The van der Waals surface area contributed by atoms with Crippen LogP contribution < -0.4 is 5.32 Å². The van der Waals surface area contributed by atoms with Gasteiger partial charge in [0, 0.05) is 25.1 Å². The predicted molar refractivity (Wildman–Crippen MR) is 74.1 cm³/mol. The molecule has 3 rings (SSSR count). The number of hydrogen-bond donors (Lipinski definition) is 1. The molecule has 2 aromatic rings. The van der Waals surface area contributed by atoms with Crippen molar-refractivity contribution in [3.05, 3.63) is 17.6 Å². The fourth-order valence-electron chi connectivity index (χ4n) is 2.37. The van der Waals surface area contributed by atoms with Crippen molar-refractivity contribution in [2.24, 2.45) is 0 Å². The van der Waals surface area contributed by atoms with Crippen molar-refractivity contribution in [3.8, 4) is 10.7 Å². The SMILES string of the molecule is O=C(CCc1nc(-c2cncs2)no1)NC1CCCC1. The van der Waals surface area contributed by atoms with E-state index in [-0.39, 0.29) is 5.91 Å². The Hall–Kier alpha value is -1.76. The van der Waals surface area contributed by atoms with Gasteiger partial charge in [0.1, 0.15) is 0 Å². The summed E-state index contributed by atoms with van der Waals surface area (Å²) in [6, 6.07) is 0.359. The Morgan fingerprint density at radius 3 is 3.05 bits per heavy atom. The summed E-state index contributed by atoms with van der Waals surface area (Å²) >= 11 is 1.46. The summed E-state index contributed by atoms with van der Waals surface area (Å²) in [5, 5.41) is 6.94. The molecule has 6 nitrogen and oxygen atoms in total. The molecule has 0 radical (unpaired) electrons. The summed E-state index contributed by atoms with van der Waals surface area (Å²) in [6.07, 6.45) is 7.20. The van der Waals surface area contributed by atoms with Gasteiger partial charge in [-0.25, -0.2) is 0 Å². The fourth-order valence-corrected chi connectivity index (χ4v) is 2.92. The number of carbonyl (C=O) groups excluding carboxylic acids is 1. The van der Waals surface area contributed by atoms with Gasteiger partial charge in [0.05, 0.1) is 10.4 Å². The van der Waals surface area contributed by atoms with Crippen molar-refractivity contribution in [3.63, 3.8) is 0 Å². The van der Waals surface area contributed by atoms with Gasteiger partial charge >= 0.3 is 0 Å². The standard InChI is InChI=1S/C13H16N4O2S/c18-11(15-9-3-1-2-4-9)5-6-12-16-13(17-19-12)10-7-14-8-20-10/h7-9H,1-6H2,(H,15,18).